The lowest BCUT2D eigenvalue weighted by molar-refractivity contribution is -0.118. The number of carbonyl (C=O) groups is 1. The number of morpholine rings is 1. The number of amides is 1. The summed E-state index contributed by atoms with van der Waals surface area (Å²) in [5.41, 5.74) is 1.67. The van der Waals surface area contributed by atoms with Gasteiger partial charge in [-0.3, -0.25) is 9.69 Å². The zero-order chi connectivity index (χ0) is 19.1. The van der Waals surface area contributed by atoms with Crippen molar-refractivity contribution in [3.63, 3.8) is 0 Å². The maximum Gasteiger partial charge on any atom is 0.262 e. The van der Waals surface area contributed by atoms with Gasteiger partial charge in [0.2, 0.25) is 0 Å². The van der Waals surface area contributed by atoms with Crippen LogP contribution in [0.5, 0.6) is 11.5 Å². The van der Waals surface area contributed by atoms with E-state index in [2.05, 4.69) is 10.2 Å². The van der Waals surface area contributed by atoms with E-state index in [9.17, 15) is 4.79 Å². The molecule has 0 atom stereocenters. The maximum atomic E-state index is 12.2. The van der Waals surface area contributed by atoms with Crippen molar-refractivity contribution in [1.29, 1.82) is 0 Å². The van der Waals surface area contributed by atoms with Crippen molar-refractivity contribution in [2.45, 2.75) is 6.54 Å². The minimum atomic E-state index is -0.266. The Labute approximate surface area is 164 Å². The fraction of sp³-hybridized carbons (Fsp3) is 0.350. The molecule has 1 heterocycles. The average molecular weight is 391 g/mol. The highest BCUT2D eigenvalue weighted by atomic mass is 35.5. The summed E-state index contributed by atoms with van der Waals surface area (Å²) in [5.74, 6) is 0.841. The molecule has 0 radical (unpaired) electrons. The molecule has 0 unspecified atom stereocenters. The molecule has 1 aliphatic heterocycles. The topological polar surface area (TPSA) is 60.0 Å². The first-order chi connectivity index (χ1) is 13.2. The third kappa shape index (κ3) is 5.60. The van der Waals surface area contributed by atoms with Gasteiger partial charge in [-0.05, 0) is 29.8 Å². The van der Waals surface area contributed by atoms with Crippen molar-refractivity contribution < 1.29 is 19.0 Å². The molecule has 1 aliphatic rings. The summed E-state index contributed by atoms with van der Waals surface area (Å²) < 4.78 is 16.1. The molecule has 0 spiro atoms. The smallest absolute Gasteiger partial charge is 0.262 e. The molecular weight excluding hydrogens is 368 g/mol. The number of anilines is 1. The van der Waals surface area contributed by atoms with E-state index in [4.69, 9.17) is 25.8 Å². The summed E-state index contributed by atoms with van der Waals surface area (Å²) in [6.45, 7) is 3.95. The Morgan fingerprint density at radius 3 is 2.63 bits per heavy atom. The van der Waals surface area contributed by atoms with E-state index >= 15 is 0 Å². The number of nitrogens with one attached hydrogen (secondary N) is 1. The Balaban J connectivity index is 1.53. The van der Waals surface area contributed by atoms with E-state index in [0.29, 0.717) is 22.2 Å². The number of methoxy groups -OCH3 is 1. The lowest BCUT2D eigenvalue weighted by atomic mass is 10.2. The van der Waals surface area contributed by atoms with Crippen molar-refractivity contribution >= 4 is 23.2 Å². The van der Waals surface area contributed by atoms with Crippen LogP contribution in [-0.4, -0.2) is 50.8 Å². The zero-order valence-electron chi connectivity index (χ0n) is 15.2. The van der Waals surface area contributed by atoms with E-state index in [0.717, 1.165) is 38.4 Å². The molecule has 1 fully saturated rings. The summed E-state index contributed by atoms with van der Waals surface area (Å²) in [7, 11) is 1.56. The first-order valence-corrected chi connectivity index (χ1v) is 9.17. The molecule has 0 bridgehead atoms. The molecule has 7 heteroatoms. The van der Waals surface area contributed by atoms with Crippen molar-refractivity contribution in [1.82, 2.24) is 4.90 Å². The second-order valence-electron chi connectivity index (χ2n) is 6.18. The Morgan fingerprint density at radius 1 is 1.19 bits per heavy atom. The maximum absolute atomic E-state index is 12.2. The zero-order valence-corrected chi connectivity index (χ0v) is 16.0. The quantitative estimate of drug-likeness (QED) is 0.786. The number of benzene rings is 2. The van der Waals surface area contributed by atoms with Crippen molar-refractivity contribution in [2.75, 3.05) is 45.3 Å². The van der Waals surface area contributed by atoms with Crippen LogP contribution in [0.2, 0.25) is 5.02 Å². The fourth-order valence-electron chi connectivity index (χ4n) is 2.83. The number of rotatable bonds is 7. The standard InChI is InChI=1S/C20H23ClN2O4/c1-25-18-4-2-3-5-19(18)27-14-20(24)22-16-7-6-15(17(21)12-16)13-23-8-10-26-11-9-23/h2-7,12H,8-11,13-14H2,1H3,(H,22,24). The molecule has 144 valence electrons. The van der Waals surface area contributed by atoms with Gasteiger partial charge < -0.3 is 19.5 Å². The molecule has 3 rings (SSSR count). The number of nitrogens with zero attached hydrogens (tertiary/aromatic N) is 1. The first-order valence-electron chi connectivity index (χ1n) is 8.80. The summed E-state index contributed by atoms with van der Waals surface area (Å²) >= 11 is 6.39. The second-order valence-corrected chi connectivity index (χ2v) is 6.59. The molecule has 1 saturated heterocycles. The lowest BCUT2D eigenvalue weighted by Gasteiger charge is -2.27. The van der Waals surface area contributed by atoms with Gasteiger partial charge in [0.15, 0.2) is 18.1 Å². The minimum absolute atomic E-state index is 0.118. The van der Waals surface area contributed by atoms with Crippen LogP contribution in [0.3, 0.4) is 0 Å². The summed E-state index contributed by atoms with van der Waals surface area (Å²) in [6.07, 6.45) is 0. The number of ether oxygens (including phenoxy) is 3. The molecule has 2 aromatic rings. The highest BCUT2D eigenvalue weighted by molar-refractivity contribution is 6.31. The Hall–Kier alpha value is -2.28. The summed E-state index contributed by atoms with van der Waals surface area (Å²) in [6, 6.07) is 12.7. The molecule has 0 saturated carbocycles. The van der Waals surface area contributed by atoms with Gasteiger partial charge in [0, 0.05) is 30.3 Å². The number of halogens is 1. The number of hydrogen-bond acceptors (Lipinski definition) is 5. The van der Waals surface area contributed by atoms with Gasteiger partial charge in [0.25, 0.3) is 5.91 Å². The predicted octanol–water partition coefficient (Wildman–Crippen LogP) is 3.20. The van der Waals surface area contributed by atoms with Crippen molar-refractivity contribution in [2.24, 2.45) is 0 Å². The van der Waals surface area contributed by atoms with Crippen LogP contribution < -0.4 is 14.8 Å². The van der Waals surface area contributed by atoms with Crippen LogP contribution in [0.15, 0.2) is 42.5 Å². The third-order valence-electron chi connectivity index (χ3n) is 4.26. The van der Waals surface area contributed by atoms with Crippen LogP contribution in [-0.2, 0) is 16.1 Å². The third-order valence-corrected chi connectivity index (χ3v) is 4.61. The molecule has 0 aliphatic carbocycles. The number of hydrogen-bond donors (Lipinski definition) is 1. The second kappa shape index (κ2) is 9.60. The molecule has 1 N–H and O–H groups in total. The van der Waals surface area contributed by atoms with E-state index in [-0.39, 0.29) is 12.5 Å². The van der Waals surface area contributed by atoms with E-state index in [1.807, 2.05) is 24.3 Å². The molecular formula is C20H23ClN2O4. The number of para-hydroxylation sites is 2. The van der Waals surface area contributed by atoms with Gasteiger partial charge in [-0.25, -0.2) is 0 Å². The highest BCUT2D eigenvalue weighted by Gasteiger charge is 2.13. The molecule has 2 aromatic carbocycles. The van der Waals surface area contributed by atoms with Gasteiger partial charge in [0.05, 0.1) is 20.3 Å². The fourth-order valence-corrected chi connectivity index (χ4v) is 3.07. The average Bonchev–Trinajstić information content (AvgIpc) is 2.69. The van der Waals surface area contributed by atoms with Crippen LogP contribution >= 0.6 is 11.6 Å². The Bertz CT molecular complexity index is 778. The van der Waals surface area contributed by atoms with Gasteiger partial charge in [-0.15, -0.1) is 0 Å². The van der Waals surface area contributed by atoms with Gasteiger partial charge in [-0.2, -0.15) is 0 Å². The normalized spacial score (nSPS) is 14.6. The monoisotopic (exact) mass is 390 g/mol. The van der Waals surface area contributed by atoms with E-state index < -0.39 is 0 Å². The predicted molar refractivity (Wildman–Crippen MR) is 105 cm³/mol. The lowest BCUT2D eigenvalue weighted by Crippen LogP contribution is -2.35. The minimum Gasteiger partial charge on any atom is -0.493 e. The Morgan fingerprint density at radius 2 is 1.93 bits per heavy atom. The van der Waals surface area contributed by atoms with Gasteiger partial charge in [-0.1, -0.05) is 29.8 Å². The van der Waals surface area contributed by atoms with Crippen LogP contribution in [0.25, 0.3) is 0 Å². The molecule has 0 aromatic heterocycles. The van der Waals surface area contributed by atoms with Crippen LogP contribution in [0.4, 0.5) is 5.69 Å². The molecule has 6 nitrogen and oxygen atoms in total. The van der Waals surface area contributed by atoms with Crippen LogP contribution in [0.1, 0.15) is 5.56 Å². The Kier molecular flexibility index (Phi) is 6.92. The van der Waals surface area contributed by atoms with Crippen LogP contribution in [0, 0.1) is 0 Å². The SMILES string of the molecule is COc1ccccc1OCC(=O)Nc1ccc(CN2CCOCC2)c(Cl)c1. The van der Waals surface area contributed by atoms with E-state index in [1.165, 1.54) is 0 Å². The van der Waals surface area contributed by atoms with Gasteiger partial charge >= 0.3 is 0 Å². The summed E-state index contributed by atoms with van der Waals surface area (Å²) in [5, 5.41) is 3.43. The highest BCUT2D eigenvalue weighted by Crippen LogP contribution is 2.26. The van der Waals surface area contributed by atoms with E-state index in [1.54, 1.807) is 25.3 Å². The van der Waals surface area contributed by atoms with Crippen molar-refractivity contribution in [3.8, 4) is 11.5 Å². The first kappa shape index (κ1) is 19.5. The number of carbonyl (C=O) groups excluding carboxylic acids is 1. The van der Waals surface area contributed by atoms with Gasteiger partial charge in [0.1, 0.15) is 0 Å². The molecule has 27 heavy (non-hydrogen) atoms. The summed E-state index contributed by atoms with van der Waals surface area (Å²) in [4.78, 5) is 14.5. The van der Waals surface area contributed by atoms with Crippen molar-refractivity contribution in [3.05, 3.63) is 53.1 Å². The largest absolute Gasteiger partial charge is 0.493 e. The molecule has 1 amide bonds.